The van der Waals surface area contributed by atoms with Crippen molar-refractivity contribution in [2.45, 2.75) is 32.6 Å². The van der Waals surface area contributed by atoms with Crippen LogP contribution >= 0.6 is 0 Å². The molecule has 1 rings (SSSR count). The van der Waals surface area contributed by atoms with Crippen molar-refractivity contribution in [3.63, 3.8) is 0 Å². The van der Waals surface area contributed by atoms with Gasteiger partial charge in [0.15, 0.2) is 0 Å². The predicted octanol–water partition coefficient (Wildman–Crippen LogP) is 0.115. The third-order valence-corrected chi connectivity index (χ3v) is 2.81. The Morgan fingerprint density at radius 3 is 2.82 bits per heavy atom. The van der Waals surface area contributed by atoms with E-state index in [1.807, 2.05) is 0 Å². The van der Waals surface area contributed by atoms with Gasteiger partial charge in [0.1, 0.15) is 0 Å². The second-order valence-electron chi connectivity index (χ2n) is 4.37. The molecule has 1 aliphatic rings. The maximum absolute atomic E-state index is 11.6. The van der Waals surface area contributed by atoms with Crippen LogP contribution in [0.1, 0.15) is 32.6 Å². The number of carbonyl (C=O) groups is 2. The number of hydrogen-bond acceptors (Lipinski definition) is 3. The van der Waals surface area contributed by atoms with Crippen molar-refractivity contribution in [3.8, 4) is 0 Å². The van der Waals surface area contributed by atoms with Gasteiger partial charge < -0.3 is 15.5 Å². The van der Waals surface area contributed by atoms with Crippen LogP contribution in [0.15, 0.2) is 0 Å². The lowest BCUT2D eigenvalue weighted by atomic mass is 10.1. The summed E-state index contributed by atoms with van der Waals surface area (Å²) < 4.78 is 0. The minimum atomic E-state index is -0.0569. The standard InChI is InChI=1S/C12H23N3O2/c1-2-6-13-7-8-14-11(16)10-15-9-4-3-5-12(15)17/h13H,2-10H2,1H3,(H,14,16). The van der Waals surface area contributed by atoms with Crippen LogP contribution in [0.25, 0.3) is 0 Å². The van der Waals surface area contributed by atoms with Crippen molar-refractivity contribution >= 4 is 11.8 Å². The zero-order valence-electron chi connectivity index (χ0n) is 10.6. The van der Waals surface area contributed by atoms with Gasteiger partial charge in [-0.2, -0.15) is 0 Å². The second kappa shape index (κ2) is 8.06. The topological polar surface area (TPSA) is 61.4 Å². The molecule has 17 heavy (non-hydrogen) atoms. The van der Waals surface area contributed by atoms with Crippen LogP contribution in [-0.4, -0.2) is 49.4 Å². The highest BCUT2D eigenvalue weighted by atomic mass is 16.2. The minimum Gasteiger partial charge on any atom is -0.353 e. The minimum absolute atomic E-state index is 0.0569. The lowest BCUT2D eigenvalue weighted by Gasteiger charge is -2.25. The Morgan fingerprint density at radius 2 is 2.12 bits per heavy atom. The van der Waals surface area contributed by atoms with Crippen LogP contribution in [0.4, 0.5) is 0 Å². The van der Waals surface area contributed by atoms with E-state index in [1.165, 1.54) is 0 Å². The van der Waals surface area contributed by atoms with Gasteiger partial charge in [-0.1, -0.05) is 6.92 Å². The maximum atomic E-state index is 11.6. The molecule has 1 fully saturated rings. The largest absolute Gasteiger partial charge is 0.353 e. The number of hydrogen-bond donors (Lipinski definition) is 2. The Balaban J connectivity index is 2.09. The van der Waals surface area contributed by atoms with Crippen LogP contribution in [0.2, 0.25) is 0 Å². The van der Waals surface area contributed by atoms with Gasteiger partial charge >= 0.3 is 0 Å². The quantitative estimate of drug-likeness (QED) is 0.622. The first-order valence-corrected chi connectivity index (χ1v) is 6.49. The van der Waals surface area contributed by atoms with Crippen molar-refractivity contribution in [1.82, 2.24) is 15.5 Å². The summed E-state index contributed by atoms with van der Waals surface area (Å²) in [5.41, 5.74) is 0. The van der Waals surface area contributed by atoms with Crippen LogP contribution in [-0.2, 0) is 9.59 Å². The van der Waals surface area contributed by atoms with Crippen molar-refractivity contribution in [3.05, 3.63) is 0 Å². The average Bonchev–Trinajstić information content (AvgIpc) is 2.32. The number of nitrogens with zero attached hydrogens (tertiary/aromatic N) is 1. The molecule has 0 aromatic heterocycles. The van der Waals surface area contributed by atoms with Crippen molar-refractivity contribution < 1.29 is 9.59 Å². The first kappa shape index (κ1) is 14.0. The van der Waals surface area contributed by atoms with E-state index in [0.717, 1.165) is 38.9 Å². The highest BCUT2D eigenvalue weighted by molar-refractivity contribution is 5.85. The molecule has 0 aromatic rings. The summed E-state index contributed by atoms with van der Waals surface area (Å²) in [6.45, 7) is 5.43. The van der Waals surface area contributed by atoms with E-state index in [1.54, 1.807) is 4.90 Å². The van der Waals surface area contributed by atoms with E-state index >= 15 is 0 Å². The lowest BCUT2D eigenvalue weighted by molar-refractivity contribution is -0.137. The molecule has 2 N–H and O–H groups in total. The van der Waals surface area contributed by atoms with Crippen molar-refractivity contribution in [2.24, 2.45) is 0 Å². The smallest absolute Gasteiger partial charge is 0.239 e. The van der Waals surface area contributed by atoms with E-state index in [4.69, 9.17) is 0 Å². The van der Waals surface area contributed by atoms with E-state index in [-0.39, 0.29) is 18.4 Å². The molecule has 0 atom stereocenters. The lowest BCUT2D eigenvalue weighted by Crippen LogP contribution is -2.44. The fraction of sp³-hybridized carbons (Fsp3) is 0.833. The first-order chi connectivity index (χ1) is 8.24. The summed E-state index contributed by atoms with van der Waals surface area (Å²) in [5.74, 6) is 0.0501. The molecular weight excluding hydrogens is 218 g/mol. The highest BCUT2D eigenvalue weighted by Gasteiger charge is 2.19. The molecule has 5 heteroatoms. The van der Waals surface area contributed by atoms with Gasteiger partial charge in [0.2, 0.25) is 11.8 Å². The molecule has 1 heterocycles. The Bertz CT molecular complexity index is 256. The zero-order chi connectivity index (χ0) is 12.5. The first-order valence-electron chi connectivity index (χ1n) is 6.49. The molecule has 0 radical (unpaired) electrons. The van der Waals surface area contributed by atoms with E-state index in [0.29, 0.717) is 13.0 Å². The van der Waals surface area contributed by atoms with Crippen LogP contribution in [0.5, 0.6) is 0 Å². The van der Waals surface area contributed by atoms with Crippen molar-refractivity contribution in [2.75, 3.05) is 32.7 Å². The number of nitrogens with one attached hydrogen (secondary N) is 2. The molecule has 0 bridgehead atoms. The van der Waals surface area contributed by atoms with Crippen molar-refractivity contribution in [1.29, 1.82) is 0 Å². The van der Waals surface area contributed by atoms with Gasteiger partial charge in [-0.05, 0) is 25.8 Å². The number of carbonyl (C=O) groups excluding carboxylic acids is 2. The molecule has 98 valence electrons. The van der Waals surface area contributed by atoms with Gasteiger partial charge in [-0.3, -0.25) is 9.59 Å². The summed E-state index contributed by atoms with van der Waals surface area (Å²) in [4.78, 5) is 24.7. The molecule has 0 spiro atoms. The molecule has 0 aliphatic carbocycles. The molecule has 0 aromatic carbocycles. The Morgan fingerprint density at radius 1 is 1.29 bits per heavy atom. The highest BCUT2D eigenvalue weighted by Crippen LogP contribution is 2.09. The zero-order valence-corrected chi connectivity index (χ0v) is 10.6. The van der Waals surface area contributed by atoms with Gasteiger partial charge in [0.05, 0.1) is 6.54 Å². The number of amides is 2. The fourth-order valence-corrected chi connectivity index (χ4v) is 1.85. The van der Waals surface area contributed by atoms with Gasteiger partial charge in [-0.15, -0.1) is 0 Å². The van der Waals surface area contributed by atoms with Crippen LogP contribution in [0.3, 0.4) is 0 Å². The molecule has 0 saturated carbocycles. The summed E-state index contributed by atoms with van der Waals surface area (Å²) in [6, 6.07) is 0. The Labute approximate surface area is 103 Å². The third-order valence-electron chi connectivity index (χ3n) is 2.81. The van der Waals surface area contributed by atoms with Gasteiger partial charge in [-0.25, -0.2) is 0 Å². The van der Waals surface area contributed by atoms with E-state index in [9.17, 15) is 9.59 Å². The average molecular weight is 241 g/mol. The van der Waals surface area contributed by atoms with E-state index < -0.39 is 0 Å². The molecular formula is C12H23N3O2. The summed E-state index contributed by atoms with van der Waals surface area (Å²) in [5, 5.41) is 6.02. The van der Waals surface area contributed by atoms with Crippen LogP contribution in [0, 0.1) is 0 Å². The van der Waals surface area contributed by atoms with Gasteiger partial charge in [0.25, 0.3) is 0 Å². The Hall–Kier alpha value is -1.10. The van der Waals surface area contributed by atoms with E-state index in [2.05, 4.69) is 17.6 Å². The second-order valence-corrected chi connectivity index (χ2v) is 4.37. The van der Waals surface area contributed by atoms with Gasteiger partial charge in [0, 0.05) is 26.1 Å². The monoisotopic (exact) mass is 241 g/mol. The number of piperidine rings is 1. The number of rotatable bonds is 7. The summed E-state index contributed by atoms with van der Waals surface area (Å²) >= 11 is 0. The third kappa shape index (κ3) is 5.68. The Kier molecular flexibility index (Phi) is 6.62. The summed E-state index contributed by atoms with van der Waals surface area (Å²) in [6.07, 6.45) is 3.65. The molecule has 1 aliphatic heterocycles. The molecule has 2 amide bonds. The predicted molar refractivity (Wildman–Crippen MR) is 66.6 cm³/mol. The SMILES string of the molecule is CCCNCCNC(=O)CN1CCCCC1=O. The summed E-state index contributed by atoms with van der Waals surface area (Å²) in [7, 11) is 0. The molecule has 5 nitrogen and oxygen atoms in total. The van der Waals surface area contributed by atoms with Crippen LogP contribution < -0.4 is 10.6 Å². The maximum Gasteiger partial charge on any atom is 0.239 e. The molecule has 0 unspecified atom stereocenters. The number of likely N-dealkylation sites (tertiary alicyclic amines) is 1. The molecule has 1 saturated heterocycles. The fourth-order valence-electron chi connectivity index (χ4n) is 1.85. The normalized spacial score (nSPS) is 16.1.